The van der Waals surface area contributed by atoms with Crippen molar-refractivity contribution in [1.29, 1.82) is 0 Å². The van der Waals surface area contributed by atoms with E-state index in [-0.39, 0.29) is 20.1 Å². The first-order valence-corrected chi connectivity index (χ1v) is 12.6. The molecule has 0 bridgehead atoms. The molecule has 0 aliphatic heterocycles. The topological polar surface area (TPSA) is 72.5 Å². The first-order valence-electron chi connectivity index (χ1n) is 10.1. The highest BCUT2D eigenvalue weighted by atomic mass is 127. The largest absolute Gasteiger partial charge is 0.509 e. The molecule has 0 saturated carbocycles. The van der Waals surface area contributed by atoms with Gasteiger partial charge < -0.3 is 9.47 Å². The van der Waals surface area contributed by atoms with Crippen LogP contribution in [0.1, 0.15) is 83.1 Å². The van der Waals surface area contributed by atoms with Gasteiger partial charge in [-0.1, -0.05) is 45.2 Å². The molecule has 0 radical (unpaired) electrons. The quantitative estimate of drug-likeness (QED) is 0.0865. The highest BCUT2D eigenvalue weighted by Gasteiger charge is 2.41. The van der Waals surface area contributed by atoms with E-state index in [0.717, 1.165) is 0 Å². The third-order valence-corrected chi connectivity index (χ3v) is 8.77. The lowest BCUT2D eigenvalue weighted by atomic mass is 10.0. The van der Waals surface area contributed by atoms with Gasteiger partial charge in [0, 0.05) is 0 Å². The lowest BCUT2D eigenvalue weighted by Crippen LogP contribution is -2.48. The van der Waals surface area contributed by atoms with Crippen LogP contribution in [0.25, 0.3) is 0 Å². The molecule has 7 nitrogen and oxygen atoms in total. The average molecular weight is 658 g/mol. The van der Waals surface area contributed by atoms with Crippen LogP contribution in [-0.4, -0.2) is 48.6 Å². The van der Waals surface area contributed by atoms with Crippen LogP contribution >= 0.6 is 45.2 Å². The normalized spacial score (nSPS) is 17.8. The molecule has 9 heteroatoms. The molecule has 0 N–H and O–H groups in total. The number of hydrogen-bond donors (Lipinski definition) is 0. The van der Waals surface area contributed by atoms with Crippen LogP contribution in [-0.2, 0) is 29.0 Å². The predicted molar refractivity (Wildman–Crippen MR) is 134 cm³/mol. The van der Waals surface area contributed by atoms with Crippen LogP contribution in [0.4, 0.5) is 4.79 Å². The molecule has 0 saturated heterocycles. The summed E-state index contributed by atoms with van der Waals surface area (Å²) in [5.74, 6) is 0. The number of carbonyl (C=O) groups is 1. The van der Waals surface area contributed by atoms with E-state index in [1.54, 1.807) is 0 Å². The molecule has 180 valence electrons. The van der Waals surface area contributed by atoms with Gasteiger partial charge in [0.05, 0.1) is 19.1 Å². The molecule has 0 aromatic carbocycles. The van der Waals surface area contributed by atoms with E-state index in [1.165, 1.54) is 0 Å². The second-order valence-electron chi connectivity index (χ2n) is 10.5. The summed E-state index contributed by atoms with van der Waals surface area (Å²) >= 11 is 4.40. The van der Waals surface area contributed by atoms with E-state index in [0.29, 0.717) is 0 Å². The molecule has 30 heavy (non-hydrogen) atoms. The van der Waals surface area contributed by atoms with Crippen LogP contribution in [0.15, 0.2) is 0 Å². The molecule has 0 heterocycles. The van der Waals surface area contributed by atoms with Crippen LogP contribution in [0.3, 0.4) is 0 Å². The Labute approximate surface area is 209 Å². The van der Waals surface area contributed by atoms with E-state index in [1.807, 2.05) is 83.1 Å². The highest BCUT2D eigenvalue weighted by Crippen LogP contribution is 2.32. The van der Waals surface area contributed by atoms with Crippen molar-refractivity contribution in [2.45, 2.75) is 126 Å². The minimum absolute atomic E-state index is 0.175. The number of ether oxygens (including phenoxy) is 2. The van der Waals surface area contributed by atoms with E-state index >= 15 is 0 Å². The Morgan fingerprint density at radius 1 is 0.633 bits per heavy atom. The van der Waals surface area contributed by atoms with Crippen molar-refractivity contribution in [2.75, 3.05) is 0 Å². The Balaban J connectivity index is 4.89. The molecule has 0 aromatic heterocycles. The van der Waals surface area contributed by atoms with Crippen LogP contribution in [0.2, 0.25) is 0 Å². The maximum Gasteiger partial charge on any atom is 0.509 e. The van der Waals surface area contributed by atoms with Gasteiger partial charge >= 0.3 is 6.16 Å². The SMILES string of the molecule is CC(OOC(C)(C)C)C(I)C(C)(C)OC(=O)OC(C)(C)C(I)C(C)OOC(C)(C)C. The standard InChI is InChI=1S/C21H40I2O7/c1-13(27-29-18(3,4)5)15(22)20(9,10)25-17(24)26-21(11,12)16(23)14(2)28-30-19(6,7)8/h13-16H,1-12H3. The van der Waals surface area contributed by atoms with Gasteiger partial charge in [0.15, 0.2) is 0 Å². The van der Waals surface area contributed by atoms with E-state index in [4.69, 9.17) is 29.0 Å². The molecule has 0 fully saturated rings. The minimum atomic E-state index is -0.841. The minimum Gasteiger partial charge on any atom is -0.427 e. The maximum atomic E-state index is 12.6. The lowest BCUT2D eigenvalue weighted by Gasteiger charge is -2.37. The van der Waals surface area contributed by atoms with Crippen molar-refractivity contribution in [1.82, 2.24) is 0 Å². The highest BCUT2D eigenvalue weighted by molar-refractivity contribution is 14.1. The van der Waals surface area contributed by atoms with Crippen LogP contribution < -0.4 is 0 Å². The van der Waals surface area contributed by atoms with Gasteiger partial charge in [0.25, 0.3) is 0 Å². The van der Waals surface area contributed by atoms with Crippen LogP contribution in [0, 0.1) is 0 Å². The van der Waals surface area contributed by atoms with Gasteiger partial charge in [0.2, 0.25) is 0 Å². The van der Waals surface area contributed by atoms with Gasteiger partial charge in [-0.15, -0.1) is 0 Å². The Hall–Kier alpha value is 0.570. The van der Waals surface area contributed by atoms with Crippen molar-refractivity contribution < 1.29 is 33.8 Å². The van der Waals surface area contributed by atoms with Crippen molar-refractivity contribution >= 4 is 51.3 Å². The molecule has 0 amide bonds. The average Bonchev–Trinajstić information content (AvgIpc) is 2.53. The summed E-state index contributed by atoms with van der Waals surface area (Å²) in [6.07, 6.45) is -1.36. The van der Waals surface area contributed by atoms with E-state index < -0.39 is 28.6 Å². The number of halogens is 2. The molecular formula is C21H40I2O7. The lowest BCUT2D eigenvalue weighted by molar-refractivity contribution is -0.372. The third-order valence-electron chi connectivity index (χ3n) is 3.75. The third kappa shape index (κ3) is 12.0. The van der Waals surface area contributed by atoms with Crippen molar-refractivity contribution in [2.24, 2.45) is 0 Å². The zero-order valence-corrected chi connectivity index (χ0v) is 24.7. The molecule has 4 unspecified atom stereocenters. The fourth-order valence-electron chi connectivity index (χ4n) is 2.23. The van der Waals surface area contributed by atoms with E-state index in [2.05, 4.69) is 45.2 Å². The summed E-state index contributed by atoms with van der Waals surface area (Å²) < 4.78 is 11.0. The van der Waals surface area contributed by atoms with E-state index in [9.17, 15) is 4.79 Å². The smallest absolute Gasteiger partial charge is 0.427 e. The zero-order valence-electron chi connectivity index (χ0n) is 20.4. The van der Waals surface area contributed by atoms with Crippen molar-refractivity contribution in [3.63, 3.8) is 0 Å². The number of alkyl halides is 2. The zero-order chi connectivity index (χ0) is 24.1. The van der Waals surface area contributed by atoms with Gasteiger partial charge in [-0.2, -0.15) is 0 Å². The number of rotatable bonds is 10. The summed E-state index contributed by atoms with van der Waals surface area (Å²) in [6.45, 7) is 22.4. The number of carbonyl (C=O) groups excluding carboxylic acids is 1. The molecule has 0 aliphatic carbocycles. The van der Waals surface area contributed by atoms with Crippen molar-refractivity contribution in [3.8, 4) is 0 Å². The first-order chi connectivity index (χ1) is 13.2. The van der Waals surface area contributed by atoms with Gasteiger partial charge in [-0.3, -0.25) is 0 Å². The molecule has 0 aromatic rings. The fourth-order valence-corrected chi connectivity index (χ4v) is 2.73. The summed E-state index contributed by atoms with van der Waals surface area (Å²) in [5, 5.41) is 0. The molecule has 0 spiro atoms. The summed E-state index contributed by atoms with van der Waals surface area (Å²) in [7, 11) is 0. The second-order valence-corrected chi connectivity index (χ2v) is 13.1. The molecule has 0 aliphatic rings. The Kier molecular flexibility index (Phi) is 11.8. The second kappa shape index (κ2) is 11.6. The Morgan fingerprint density at radius 2 is 0.900 bits per heavy atom. The maximum absolute atomic E-state index is 12.6. The summed E-state index contributed by atoms with van der Waals surface area (Å²) in [6, 6.07) is 0. The molecule has 4 atom stereocenters. The number of hydrogen-bond acceptors (Lipinski definition) is 7. The Morgan fingerprint density at radius 3 is 1.13 bits per heavy atom. The fraction of sp³-hybridized carbons (Fsp3) is 0.952. The molecule has 0 rings (SSSR count). The predicted octanol–water partition coefficient (Wildman–Crippen LogP) is 6.57. The Bertz CT molecular complexity index is 492. The van der Waals surface area contributed by atoms with Gasteiger partial charge in [0.1, 0.15) is 23.4 Å². The van der Waals surface area contributed by atoms with Gasteiger partial charge in [-0.25, -0.2) is 24.3 Å². The first kappa shape index (κ1) is 30.6. The monoisotopic (exact) mass is 658 g/mol. The molecular weight excluding hydrogens is 618 g/mol. The van der Waals surface area contributed by atoms with Crippen LogP contribution in [0.5, 0.6) is 0 Å². The summed E-state index contributed by atoms with van der Waals surface area (Å²) in [5.41, 5.74) is -2.54. The van der Waals surface area contributed by atoms with Gasteiger partial charge in [-0.05, 0) is 83.1 Å². The summed E-state index contributed by atoms with van der Waals surface area (Å²) in [4.78, 5) is 34.3. The van der Waals surface area contributed by atoms with Crippen molar-refractivity contribution in [3.05, 3.63) is 0 Å².